The van der Waals surface area contributed by atoms with Crippen LogP contribution in [0.4, 0.5) is 5.69 Å². The second-order valence-electron chi connectivity index (χ2n) is 10.2. The van der Waals surface area contributed by atoms with Gasteiger partial charge in [-0.25, -0.2) is 18.2 Å². The van der Waals surface area contributed by atoms with E-state index in [2.05, 4.69) is 10.3 Å². The molecule has 0 atom stereocenters. The van der Waals surface area contributed by atoms with Crippen LogP contribution in [-0.2, 0) is 27.7 Å². The van der Waals surface area contributed by atoms with Crippen molar-refractivity contribution in [2.75, 3.05) is 17.7 Å². The number of aromatic nitrogens is 1. The highest BCUT2D eigenvalue weighted by Gasteiger charge is 2.16. The average Bonchev–Trinajstić information content (AvgIpc) is 3.53. The summed E-state index contributed by atoms with van der Waals surface area (Å²) in [7, 11) is -3.51. The summed E-state index contributed by atoms with van der Waals surface area (Å²) >= 11 is 7.26. The van der Waals surface area contributed by atoms with E-state index in [4.69, 9.17) is 26.2 Å². The van der Waals surface area contributed by atoms with E-state index in [9.17, 15) is 18.0 Å². The number of thiazole rings is 1. The standard InChI is InChI=1S/C34H29ClN2O7S2/c35-27-12-14-28(15-13-27)46(41,42)17-5-7-23-11-16-31(43-21-32(38)39)29(19-23)36-33(40)26-10-4-6-24(18-26)20-44-34-37-30(22-45-34)25-8-2-1-3-9-25/h1-4,6,8-16,18-19,22H,5,7,17,20-21H2,(H,36,40)(H,38,39). The molecular weight excluding hydrogens is 648 g/mol. The van der Waals surface area contributed by atoms with E-state index >= 15 is 0 Å². The molecular formula is C34H29ClN2O7S2. The number of carbonyl (C=O) groups excluding carboxylic acids is 1. The first-order valence-corrected chi connectivity index (χ1v) is 17.1. The van der Waals surface area contributed by atoms with E-state index in [1.165, 1.54) is 35.6 Å². The number of halogens is 1. The van der Waals surface area contributed by atoms with Crippen molar-refractivity contribution in [1.29, 1.82) is 0 Å². The van der Waals surface area contributed by atoms with Crippen LogP contribution in [0.3, 0.4) is 0 Å². The molecule has 5 rings (SSSR count). The number of nitrogens with one attached hydrogen (secondary N) is 1. The van der Waals surface area contributed by atoms with Gasteiger partial charge in [-0.15, -0.1) is 0 Å². The Morgan fingerprint density at radius 1 is 0.891 bits per heavy atom. The fraction of sp³-hybridized carbons (Fsp3) is 0.147. The number of aryl methyl sites for hydroxylation is 1. The third-order valence-electron chi connectivity index (χ3n) is 6.80. The summed E-state index contributed by atoms with van der Waals surface area (Å²) in [5.74, 6) is -1.52. The lowest BCUT2D eigenvalue weighted by Gasteiger charge is -2.14. The minimum absolute atomic E-state index is 0.0863. The first kappa shape index (κ1) is 32.7. The summed E-state index contributed by atoms with van der Waals surface area (Å²) in [5.41, 5.74) is 3.92. The molecule has 236 valence electrons. The molecule has 0 radical (unpaired) electrons. The highest BCUT2D eigenvalue weighted by Crippen LogP contribution is 2.29. The molecule has 0 fully saturated rings. The fourth-order valence-corrected chi connectivity index (χ4v) is 6.64. The van der Waals surface area contributed by atoms with Crippen molar-refractivity contribution >= 4 is 50.3 Å². The van der Waals surface area contributed by atoms with E-state index in [1.54, 1.807) is 36.4 Å². The quantitative estimate of drug-likeness (QED) is 0.127. The zero-order valence-corrected chi connectivity index (χ0v) is 26.8. The number of carboxylic acids is 1. The minimum Gasteiger partial charge on any atom is -0.480 e. The highest BCUT2D eigenvalue weighted by molar-refractivity contribution is 7.91. The number of hydrogen-bond acceptors (Lipinski definition) is 8. The first-order chi connectivity index (χ1) is 22.2. The molecule has 0 unspecified atom stereocenters. The number of nitrogens with zero attached hydrogens (tertiary/aromatic N) is 1. The van der Waals surface area contributed by atoms with Crippen molar-refractivity contribution in [3.05, 3.63) is 124 Å². The Kier molecular flexibility index (Phi) is 10.7. The van der Waals surface area contributed by atoms with Gasteiger partial charge in [-0.3, -0.25) is 4.79 Å². The van der Waals surface area contributed by atoms with Gasteiger partial charge in [0.2, 0.25) is 0 Å². The predicted octanol–water partition coefficient (Wildman–Crippen LogP) is 7.16. The topological polar surface area (TPSA) is 132 Å². The minimum atomic E-state index is -3.51. The molecule has 0 aliphatic carbocycles. The van der Waals surface area contributed by atoms with Gasteiger partial charge >= 0.3 is 5.97 Å². The maximum absolute atomic E-state index is 13.3. The fourth-order valence-electron chi connectivity index (χ4n) is 4.53. The van der Waals surface area contributed by atoms with Gasteiger partial charge in [-0.2, -0.15) is 0 Å². The normalized spacial score (nSPS) is 11.2. The molecule has 0 bridgehead atoms. The lowest BCUT2D eigenvalue weighted by atomic mass is 10.1. The predicted molar refractivity (Wildman–Crippen MR) is 178 cm³/mol. The van der Waals surface area contributed by atoms with Gasteiger partial charge in [0.1, 0.15) is 12.4 Å². The van der Waals surface area contributed by atoms with Crippen LogP contribution in [0.25, 0.3) is 11.3 Å². The van der Waals surface area contributed by atoms with Crippen LogP contribution in [-0.4, -0.2) is 42.7 Å². The molecule has 1 amide bonds. The number of benzene rings is 4. The van der Waals surface area contributed by atoms with Gasteiger partial charge in [-0.05, 0) is 72.5 Å². The summed E-state index contributed by atoms with van der Waals surface area (Å²) in [6, 6.07) is 27.6. The van der Waals surface area contributed by atoms with Gasteiger partial charge in [0.15, 0.2) is 16.4 Å². The second kappa shape index (κ2) is 15.0. The lowest BCUT2D eigenvalue weighted by Crippen LogP contribution is -2.15. The number of amides is 1. The molecule has 12 heteroatoms. The number of rotatable bonds is 14. The summed E-state index contributed by atoms with van der Waals surface area (Å²) in [5, 5.41) is 14.8. The van der Waals surface area contributed by atoms with E-state index < -0.39 is 28.3 Å². The highest BCUT2D eigenvalue weighted by atomic mass is 35.5. The number of aliphatic carboxylic acids is 1. The third kappa shape index (κ3) is 8.94. The number of carbonyl (C=O) groups is 2. The smallest absolute Gasteiger partial charge is 0.341 e. The summed E-state index contributed by atoms with van der Waals surface area (Å²) in [6.45, 7) is -0.401. The van der Waals surface area contributed by atoms with E-state index in [0.29, 0.717) is 28.6 Å². The molecule has 0 saturated carbocycles. The summed E-state index contributed by atoms with van der Waals surface area (Å²) < 4.78 is 36.8. The largest absolute Gasteiger partial charge is 0.480 e. The monoisotopic (exact) mass is 676 g/mol. The van der Waals surface area contributed by atoms with Crippen molar-refractivity contribution in [2.45, 2.75) is 24.3 Å². The van der Waals surface area contributed by atoms with E-state index in [1.807, 2.05) is 41.8 Å². The summed E-state index contributed by atoms with van der Waals surface area (Å²) in [4.78, 5) is 29.2. The summed E-state index contributed by atoms with van der Waals surface area (Å²) in [6.07, 6.45) is 0.714. The molecule has 9 nitrogen and oxygen atoms in total. The number of sulfone groups is 1. The van der Waals surface area contributed by atoms with Crippen molar-refractivity contribution in [3.8, 4) is 22.2 Å². The number of carboxylic acid groups (broad SMARTS) is 1. The van der Waals surface area contributed by atoms with Crippen LogP contribution in [0.1, 0.15) is 27.9 Å². The van der Waals surface area contributed by atoms with E-state index in [-0.39, 0.29) is 28.7 Å². The van der Waals surface area contributed by atoms with Gasteiger partial charge in [0.25, 0.3) is 11.1 Å². The van der Waals surface area contributed by atoms with Crippen molar-refractivity contribution in [3.63, 3.8) is 0 Å². The molecule has 1 aromatic heterocycles. The number of ether oxygens (including phenoxy) is 2. The molecule has 0 aliphatic rings. The third-order valence-corrected chi connectivity index (χ3v) is 9.62. The molecule has 0 aliphatic heterocycles. The van der Waals surface area contributed by atoms with Crippen LogP contribution >= 0.6 is 22.9 Å². The first-order valence-electron chi connectivity index (χ1n) is 14.2. The van der Waals surface area contributed by atoms with Crippen LogP contribution in [0.15, 0.2) is 107 Å². The molecule has 0 saturated heterocycles. The Balaban J connectivity index is 1.24. The molecule has 1 heterocycles. The molecule has 46 heavy (non-hydrogen) atoms. The molecule has 2 N–H and O–H groups in total. The Morgan fingerprint density at radius 2 is 1.67 bits per heavy atom. The van der Waals surface area contributed by atoms with Gasteiger partial charge in [0.05, 0.1) is 22.0 Å². The van der Waals surface area contributed by atoms with Crippen LogP contribution in [0, 0.1) is 0 Å². The zero-order valence-electron chi connectivity index (χ0n) is 24.4. The van der Waals surface area contributed by atoms with E-state index in [0.717, 1.165) is 22.4 Å². The molecule has 4 aromatic carbocycles. The van der Waals surface area contributed by atoms with Gasteiger partial charge in [0, 0.05) is 21.5 Å². The average molecular weight is 677 g/mol. The van der Waals surface area contributed by atoms with Gasteiger partial charge in [-0.1, -0.05) is 71.5 Å². The van der Waals surface area contributed by atoms with Crippen molar-refractivity contribution in [2.24, 2.45) is 0 Å². The molecule has 0 spiro atoms. The molecule has 5 aromatic rings. The lowest BCUT2D eigenvalue weighted by molar-refractivity contribution is -0.139. The SMILES string of the molecule is O=C(O)COc1ccc(CCCS(=O)(=O)c2ccc(Cl)cc2)cc1NC(=O)c1cccc(COc2nc(-c3ccccc3)cs2)c1. The van der Waals surface area contributed by atoms with Crippen LogP contribution < -0.4 is 14.8 Å². The van der Waals surface area contributed by atoms with Crippen molar-refractivity contribution < 1.29 is 32.6 Å². The Morgan fingerprint density at radius 3 is 2.43 bits per heavy atom. The van der Waals surface area contributed by atoms with Crippen molar-refractivity contribution in [1.82, 2.24) is 4.98 Å². The van der Waals surface area contributed by atoms with Crippen LogP contribution in [0.5, 0.6) is 10.9 Å². The maximum Gasteiger partial charge on any atom is 0.341 e. The van der Waals surface area contributed by atoms with Crippen LogP contribution in [0.2, 0.25) is 5.02 Å². The maximum atomic E-state index is 13.3. The Bertz CT molecular complexity index is 1930. The number of anilines is 1. The Labute approximate surface area is 275 Å². The zero-order chi connectivity index (χ0) is 32.5. The number of hydrogen-bond donors (Lipinski definition) is 2. The second-order valence-corrected chi connectivity index (χ2v) is 13.6. The van der Waals surface area contributed by atoms with Gasteiger partial charge < -0.3 is 19.9 Å². The Hall–Kier alpha value is -4.71.